The van der Waals surface area contributed by atoms with E-state index in [9.17, 15) is 14.0 Å². The Morgan fingerprint density at radius 2 is 1.67 bits per heavy atom. The van der Waals surface area contributed by atoms with E-state index in [0.29, 0.717) is 5.56 Å². The molecule has 0 bridgehead atoms. The standard InChI is InChI=1S/C23H19FN2O4/c24-21-10-9-14(12-25-21)20(11-22(27)28)26-23(29)30-13-19-17-7-3-1-5-15(17)16-6-2-4-8-18(16)19/h1-10,12,19-20H,11,13H2,(H,26,29)(H,27,28). The summed E-state index contributed by atoms with van der Waals surface area (Å²) in [6.07, 6.45) is 0.0805. The number of hydrogen-bond acceptors (Lipinski definition) is 4. The Morgan fingerprint density at radius 1 is 1.03 bits per heavy atom. The number of alkyl carbamates (subject to hydrolysis) is 1. The van der Waals surface area contributed by atoms with Gasteiger partial charge < -0.3 is 15.2 Å². The van der Waals surface area contributed by atoms with Gasteiger partial charge in [0, 0.05) is 12.1 Å². The third-order valence-electron chi connectivity index (χ3n) is 5.17. The monoisotopic (exact) mass is 406 g/mol. The highest BCUT2D eigenvalue weighted by molar-refractivity contribution is 5.79. The molecule has 1 unspecified atom stereocenters. The molecule has 1 aliphatic carbocycles. The van der Waals surface area contributed by atoms with Gasteiger partial charge >= 0.3 is 12.1 Å². The zero-order valence-corrected chi connectivity index (χ0v) is 15.9. The lowest BCUT2D eigenvalue weighted by Crippen LogP contribution is -2.31. The van der Waals surface area contributed by atoms with Crippen LogP contribution in [-0.2, 0) is 9.53 Å². The van der Waals surface area contributed by atoms with E-state index in [2.05, 4.69) is 10.3 Å². The number of carboxylic acid groups (broad SMARTS) is 1. The van der Waals surface area contributed by atoms with E-state index in [1.165, 1.54) is 12.3 Å². The van der Waals surface area contributed by atoms with E-state index < -0.39 is 24.1 Å². The SMILES string of the molecule is O=C(O)CC(NC(=O)OCC1c2ccccc2-c2ccccc21)c1ccc(F)nc1. The van der Waals surface area contributed by atoms with Crippen LogP contribution in [0.1, 0.15) is 35.1 Å². The van der Waals surface area contributed by atoms with E-state index in [0.717, 1.165) is 28.3 Å². The van der Waals surface area contributed by atoms with Crippen molar-refractivity contribution in [3.05, 3.63) is 89.5 Å². The van der Waals surface area contributed by atoms with Gasteiger partial charge in [-0.3, -0.25) is 4.79 Å². The second kappa shape index (κ2) is 8.32. The minimum atomic E-state index is -1.11. The maximum Gasteiger partial charge on any atom is 0.407 e. The molecule has 0 saturated heterocycles. The van der Waals surface area contributed by atoms with Crippen LogP contribution in [0.15, 0.2) is 66.9 Å². The summed E-state index contributed by atoms with van der Waals surface area (Å²) < 4.78 is 18.5. The van der Waals surface area contributed by atoms with Crippen LogP contribution in [-0.4, -0.2) is 28.8 Å². The number of nitrogens with one attached hydrogen (secondary N) is 1. The summed E-state index contributed by atoms with van der Waals surface area (Å²) in [6.45, 7) is 0.112. The van der Waals surface area contributed by atoms with Gasteiger partial charge in [-0.05, 0) is 33.9 Å². The van der Waals surface area contributed by atoms with E-state index >= 15 is 0 Å². The van der Waals surface area contributed by atoms with Crippen molar-refractivity contribution in [2.75, 3.05) is 6.61 Å². The zero-order valence-electron chi connectivity index (χ0n) is 15.9. The molecule has 3 aromatic rings. The molecular weight excluding hydrogens is 387 g/mol. The molecule has 1 aromatic heterocycles. The number of amides is 1. The van der Waals surface area contributed by atoms with Crippen molar-refractivity contribution in [2.24, 2.45) is 0 Å². The van der Waals surface area contributed by atoms with Gasteiger partial charge in [0.2, 0.25) is 5.95 Å². The number of aliphatic carboxylic acids is 1. The molecule has 0 aliphatic heterocycles. The average molecular weight is 406 g/mol. The van der Waals surface area contributed by atoms with Crippen molar-refractivity contribution in [1.29, 1.82) is 0 Å². The summed E-state index contributed by atoms with van der Waals surface area (Å²) in [5.74, 6) is -1.90. The quantitative estimate of drug-likeness (QED) is 0.597. The topological polar surface area (TPSA) is 88.5 Å². The van der Waals surface area contributed by atoms with E-state index in [-0.39, 0.29) is 18.9 Å². The molecule has 1 aliphatic rings. The summed E-state index contributed by atoms with van der Waals surface area (Å²) in [5, 5.41) is 11.7. The molecule has 0 spiro atoms. The van der Waals surface area contributed by atoms with Gasteiger partial charge in [-0.1, -0.05) is 54.6 Å². The van der Waals surface area contributed by atoms with Crippen LogP contribution in [0.4, 0.5) is 9.18 Å². The highest BCUT2D eigenvalue weighted by atomic mass is 19.1. The normalized spacial score (nSPS) is 13.2. The van der Waals surface area contributed by atoms with Crippen molar-refractivity contribution in [3.8, 4) is 11.1 Å². The van der Waals surface area contributed by atoms with Crippen LogP contribution in [0.2, 0.25) is 0 Å². The Morgan fingerprint density at radius 3 is 2.23 bits per heavy atom. The molecule has 2 aromatic carbocycles. The van der Waals surface area contributed by atoms with Crippen molar-refractivity contribution in [1.82, 2.24) is 10.3 Å². The number of fused-ring (bicyclic) bond motifs is 3. The summed E-state index contributed by atoms with van der Waals surface area (Å²) in [5.41, 5.74) is 4.77. The lowest BCUT2D eigenvalue weighted by molar-refractivity contribution is -0.137. The number of carbonyl (C=O) groups excluding carboxylic acids is 1. The summed E-state index contributed by atoms with van der Waals surface area (Å²) >= 11 is 0. The molecule has 152 valence electrons. The number of carbonyl (C=O) groups is 2. The Labute approximate surface area is 172 Å². The van der Waals surface area contributed by atoms with Gasteiger partial charge in [0.25, 0.3) is 0 Å². The molecule has 4 rings (SSSR count). The van der Waals surface area contributed by atoms with Crippen LogP contribution in [0, 0.1) is 5.95 Å². The maximum atomic E-state index is 13.1. The van der Waals surface area contributed by atoms with Gasteiger partial charge in [-0.15, -0.1) is 0 Å². The van der Waals surface area contributed by atoms with Crippen LogP contribution in [0.25, 0.3) is 11.1 Å². The van der Waals surface area contributed by atoms with Crippen molar-refractivity contribution >= 4 is 12.1 Å². The van der Waals surface area contributed by atoms with E-state index in [4.69, 9.17) is 9.84 Å². The number of hydrogen-bond donors (Lipinski definition) is 2. The Kier molecular flexibility index (Phi) is 5.43. The van der Waals surface area contributed by atoms with Crippen LogP contribution in [0.5, 0.6) is 0 Å². The van der Waals surface area contributed by atoms with E-state index in [1.54, 1.807) is 0 Å². The Balaban J connectivity index is 1.47. The summed E-state index contributed by atoms with van der Waals surface area (Å²) in [4.78, 5) is 27.1. The third kappa shape index (κ3) is 4.00. The molecule has 1 amide bonds. The predicted molar refractivity (Wildman–Crippen MR) is 107 cm³/mol. The number of aromatic nitrogens is 1. The first-order valence-corrected chi connectivity index (χ1v) is 9.47. The first-order valence-electron chi connectivity index (χ1n) is 9.47. The van der Waals surface area contributed by atoms with Crippen LogP contribution >= 0.6 is 0 Å². The average Bonchev–Trinajstić information content (AvgIpc) is 3.06. The molecule has 30 heavy (non-hydrogen) atoms. The molecule has 2 N–H and O–H groups in total. The van der Waals surface area contributed by atoms with Crippen molar-refractivity contribution in [3.63, 3.8) is 0 Å². The van der Waals surface area contributed by atoms with E-state index in [1.807, 2.05) is 48.5 Å². The van der Waals surface area contributed by atoms with Crippen LogP contribution in [0.3, 0.4) is 0 Å². The van der Waals surface area contributed by atoms with Gasteiger partial charge in [-0.2, -0.15) is 4.39 Å². The largest absolute Gasteiger partial charge is 0.481 e. The smallest absolute Gasteiger partial charge is 0.407 e. The number of nitrogens with zero attached hydrogens (tertiary/aromatic N) is 1. The lowest BCUT2D eigenvalue weighted by atomic mass is 9.98. The number of benzene rings is 2. The minimum absolute atomic E-state index is 0.103. The number of rotatable bonds is 6. The third-order valence-corrected chi connectivity index (χ3v) is 5.17. The van der Waals surface area contributed by atoms with Gasteiger partial charge in [0.15, 0.2) is 0 Å². The summed E-state index contributed by atoms with van der Waals surface area (Å²) in [7, 11) is 0. The molecule has 0 fully saturated rings. The highest BCUT2D eigenvalue weighted by Gasteiger charge is 2.29. The van der Waals surface area contributed by atoms with Gasteiger partial charge in [0.05, 0.1) is 12.5 Å². The maximum absolute atomic E-state index is 13.1. The molecule has 1 atom stereocenters. The molecule has 6 nitrogen and oxygen atoms in total. The molecule has 7 heteroatoms. The van der Waals surface area contributed by atoms with Gasteiger partial charge in [-0.25, -0.2) is 9.78 Å². The molecular formula is C23H19FN2O4. The first kappa shape index (κ1) is 19.6. The second-order valence-electron chi connectivity index (χ2n) is 7.03. The first-order chi connectivity index (χ1) is 14.5. The highest BCUT2D eigenvalue weighted by Crippen LogP contribution is 2.44. The molecule has 1 heterocycles. The van der Waals surface area contributed by atoms with Crippen molar-refractivity contribution < 1.29 is 23.8 Å². The predicted octanol–water partition coefficient (Wildman–Crippen LogP) is 4.28. The second-order valence-corrected chi connectivity index (χ2v) is 7.03. The number of carboxylic acids is 1. The Hall–Kier alpha value is -3.74. The summed E-state index contributed by atoms with van der Waals surface area (Å²) in [6, 6.07) is 17.6. The molecule has 0 radical (unpaired) electrons. The van der Waals surface area contributed by atoms with Crippen molar-refractivity contribution in [2.45, 2.75) is 18.4 Å². The number of ether oxygens (including phenoxy) is 1. The van der Waals surface area contributed by atoms with Crippen LogP contribution < -0.4 is 5.32 Å². The Bertz CT molecular complexity index is 1040. The lowest BCUT2D eigenvalue weighted by Gasteiger charge is -2.19. The zero-order chi connectivity index (χ0) is 21.1. The fraction of sp³-hybridized carbons (Fsp3) is 0.174. The minimum Gasteiger partial charge on any atom is -0.481 e. The number of halogens is 1. The number of pyridine rings is 1. The fourth-order valence-electron chi connectivity index (χ4n) is 3.80. The van der Waals surface area contributed by atoms with Gasteiger partial charge in [0.1, 0.15) is 6.61 Å². The molecule has 0 saturated carbocycles. The fourth-order valence-corrected chi connectivity index (χ4v) is 3.80.